The molecule has 0 radical (unpaired) electrons. The van der Waals surface area contributed by atoms with E-state index in [4.69, 9.17) is 4.74 Å². The first kappa shape index (κ1) is 13.2. The molecule has 0 aromatic carbocycles. The van der Waals surface area contributed by atoms with E-state index in [9.17, 15) is 5.11 Å². The van der Waals surface area contributed by atoms with Gasteiger partial charge in [0.05, 0.1) is 12.2 Å². The molecule has 0 bridgehead atoms. The zero-order valence-corrected chi connectivity index (χ0v) is 11.6. The number of hydrogen-bond acceptors (Lipinski definition) is 3. The van der Waals surface area contributed by atoms with Gasteiger partial charge in [0.1, 0.15) is 0 Å². The standard InChI is InChI=1S/C15H24N2O2/c1-15(18)5-8-19-11-13(15)14-3-2-7-17(14)10-12-4-6-16-9-12/h4,6,9,13-14,16,18H,2-3,5,7-8,10-11H2,1H3/t13-,14+,15+/m1/s1. The number of ether oxygens (including phenoxy) is 1. The molecule has 19 heavy (non-hydrogen) atoms. The van der Waals surface area contributed by atoms with Gasteiger partial charge in [0, 0.05) is 37.5 Å². The van der Waals surface area contributed by atoms with Crippen molar-refractivity contribution in [2.75, 3.05) is 19.8 Å². The Morgan fingerprint density at radius 1 is 1.58 bits per heavy atom. The van der Waals surface area contributed by atoms with E-state index in [1.165, 1.54) is 18.4 Å². The highest BCUT2D eigenvalue weighted by Gasteiger charge is 2.43. The summed E-state index contributed by atoms with van der Waals surface area (Å²) >= 11 is 0. The van der Waals surface area contributed by atoms with Gasteiger partial charge in [-0.05, 0) is 44.4 Å². The maximum Gasteiger partial charge on any atom is 0.0706 e. The van der Waals surface area contributed by atoms with Gasteiger partial charge in [-0.2, -0.15) is 0 Å². The molecule has 0 saturated carbocycles. The summed E-state index contributed by atoms with van der Waals surface area (Å²) in [4.78, 5) is 5.62. The smallest absolute Gasteiger partial charge is 0.0706 e. The summed E-state index contributed by atoms with van der Waals surface area (Å²) in [6, 6.07) is 2.58. The van der Waals surface area contributed by atoms with E-state index in [2.05, 4.69) is 22.1 Å². The monoisotopic (exact) mass is 264 g/mol. The third-order valence-corrected chi connectivity index (χ3v) is 4.78. The van der Waals surface area contributed by atoms with Crippen molar-refractivity contribution in [2.45, 2.75) is 44.4 Å². The summed E-state index contributed by atoms with van der Waals surface area (Å²) in [7, 11) is 0. The molecular formula is C15H24N2O2. The second kappa shape index (κ2) is 5.27. The van der Waals surface area contributed by atoms with Crippen molar-refractivity contribution < 1.29 is 9.84 Å². The van der Waals surface area contributed by atoms with E-state index in [1.54, 1.807) is 0 Å². The van der Waals surface area contributed by atoms with Crippen molar-refractivity contribution in [2.24, 2.45) is 5.92 Å². The fourth-order valence-electron chi connectivity index (χ4n) is 3.57. The molecule has 0 unspecified atom stereocenters. The van der Waals surface area contributed by atoms with Crippen LogP contribution in [-0.2, 0) is 11.3 Å². The Hall–Kier alpha value is -0.840. The Morgan fingerprint density at radius 2 is 2.47 bits per heavy atom. The normalized spacial score (nSPS) is 36.7. The van der Waals surface area contributed by atoms with Crippen molar-refractivity contribution >= 4 is 0 Å². The van der Waals surface area contributed by atoms with Crippen LogP contribution in [0.15, 0.2) is 18.5 Å². The van der Waals surface area contributed by atoms with Gasteiger partial charge >= 0.3 is 0 Å². The van der Waals surface area contributed by atoms with Crippen LogP contribution in [0.5, 0.6) is 0 Å². The van der Waals surface area contributed by atoms with Crippen LogP contribution in [0.1, 0.15) is 31.7 Å². The maximum atomic E-state index is 10.6. The molecule has 0 aliphatic carbocycles. The van der Waals surface area contributed by atoms with Crippen molar-refractivity contribution in [3.63, 3.8) is 0 Å². The van der Waals surface area contributed by atoms with Crippen LogP contribution in [0.3, 0.4) is 0 Å². The van der Waals surface area contributed by atoms with Crippen molar-refractivity contribution in [3.8, 4) is 0 Å². The highest BCUT2D eigenvalue weighted by atomic mass is 16.5. The summed E-state index contributed by atoms with van der Waals surface area (Å²) in [5, 5.41) is 10.6. The van der Waals surface area contributed by atoms with E-state index >= 15 is 0 Å². The van der Waals surface area contributed by atoms with E-state index < -0.39 is 5.60 Å². The van der Waals surface area contributed by atoms with Crippen LogP contribution in [0.25, 0.3) is 0 Å². The number of nitrogens with zero attached hydrogens (tertiary/aromatic N) is 1. The van der Waals surface area contributed by atoms with Gasteiger partial charge in [-0.15, -0.1) is 0 Å². The average Bonchev–Trinajstić information content (AvgIpc) is 3.01. The zero-order chi connectivity index (χ0) is 13.3. The number of H-pyrrole nitrogens is 1. The second-order valence-electron chi connectivity index (χ2n) is 6.19. The van der Waals surface area contributed by atoms with Gasteiger partial charge in [0.15, 0.2) is 0 Å². The van der Waals surface area contributed by atoms with E-state index in [0.717, 1.165) is 19.5 Å². The fourth-order valence-corrected chi connectivity index (χ4v) is 3.57. The summed E-state index contributed by atoms with van der Waals surface area (Å²) < 4.78 is 5.62. The Balaban J connectivity index is 1.71. The Kier molecular flexibility index (Phi) is 3.65. The van der Waals surface area contributed by atoms with Crippen molar-refractivity contribution in [1.29, 1.82) is 0 Å². The lowest BCUT2D eigenvalue weighted by atomic mass is 9.79. The minimum absolute atomic E-state index is 0.239. The van der Waals surface area contributed by atoms with Crippen molar-refractivity contribution in [1.82, 2.24) is 9.88 Å². The lowest BCUT2D eigenvalue weighted by molar-refractivity contribution is -0.123. The summed E-state index contributed by atoms with van der Waals surface area (Å²) in [5.41, 5.74) is 0.743. The quantitative estimate of drug-likeness (QED) is 0.874. The lowest BCUT2D eigenvalue weighted by Gasteiger charge is -2.43. The van der Waals surface area contributed by atoms with E-state index in [0.29, 0.717) is 19.3 Å². The molecule has 2 aliphatic heterocycles. The predicted molar refractivity (Wildman–Crippen MR) is 73.8 cm³/mol. The molecule has 4 heteroatoms. The van der Waals surface area contributed by atoms with Crippen LogP contribution < -0.4 is 0 Å². The van der Waals surface area contributed by atoms with E-state index in [-0.39, 0.29) is 5.92 Å². The molecule has 4 nitrogen and oxygen atoms in total. The fraction of sp³-hybridized carbons (Fsp3) is 0.733. The van der Waals surface area contributed by atoms with Crippen LogP contribution in [0.2, 0.25) is 0 Å². The number of likely N-dealkylation sites (tertiary alicyclic amines) is 1. The molecule has 1 aromatic heterocycles. The molecule has 2 saturated heterocycles. The third kappa shape index (κ3) is 2.71. The van der Waals surface area contributed by atoms with Gasteiger partial charge < -0.3 is 14.8 Å². The van der Waals surface area contributed by atoms with Crippen LogP contribution in [-0.4, -0.2) is 46.4 Å². The van der Waals surface area contributed by atoms with Gasteiger partial charge in [0.2, 0.25) is 0 Å². The minimum Gasteiger partial charge on any atom is -0.390 e. The number of hydrogen-bond donors (Lipinski definition) is 2. The largest absolute Gasteiger partial charge is 0.390 e. The Bertz CT molecular complexity index is 402. The number of aliphatic hydroxyl groups is 1. The summed E-state index contributed by atoms with van der Waals surface area (Å²) in [5.74, 6) is 0.239. The first-order valence-electron chi connectivity index (χ1n) is 7.33. The van der Waals surface area contributed by atoms with Gasteiger partial charge in [-0.1, -0.05) is 0 Å². The summed E-state index contributed by atoms with van der Waals surface area (Å²) in [6.07, 6.45) is 7.19. The van der Waals surface area contributed by atoms with Crippen LogP contribution in [0.4, 0.5) is 0 Å². The molecule has 3 atom stereocenters. The highest BCUT2D eigenvalue weighted by molar-refractivity contribution is 5.09. The third-order valence-electron chi connectivity index (χ3n) is 4.78. The molecule has 2 aliphatic rings. The molecule has 106 valence electrons. The molecular weight excluding hydrogens is 240 g/mol. The van der Waals surface area contributed by atoms with E-state index in [1.807, 2.05) is 13.1 Å². The highest BCUT2D eigenvalue weighted by Crippen LogP contribution is 2.36. The SMILES string of the molecule is C[C@]1(O)CCOC[C@@H]1[C@@H]1CCCN1Cc1cc[nH]c1. The molecule has 1 aromatic rings. The first-order valence-corrected chi connectivity index (χ1v) is 7.33. The predicted octanol–water partition coefficient (Wildman–Crippen LogP) is 1.77. The second-order valence-corrected chi connectivity index (χ2v) is 6.19. The van der Waals surface area contributed by atoms with Crippen LogP contribution >= 0.6 is 0 Å². The number of rotatable bonds is 3. The van der Waals surface area contributed by atoms with Gasteiger partial charge in [0.25, 0.3) is 0 Å². The summed E-state index contributed by atoms with van der Waals surface area (Å²) in [6.45, 7) is 5.46. The Labute approximate surface area is 114 Å². The first-order chi connectivity index (χ1) is 9.17. The number of nitrogens with one attached hydrogen (secondary N) is 1. The average molecular weight is 264 g/mol. The molecule has 3 heterocycles. The van der Waals surface area contributed by atoms with Gasteiger partial charge in [-0.25, -0.2) is 0 Å². The number of aromatic nitrogens is 1. The molecule has 0 amide bonds. The van der Waals surface area contributed by atoms with Gasteiger partial charge in [-0.3, -0.25) is 4.90 Å². The lowest BCUT2D eigenvalue weighted by Crippen LogP contribution is -2.52. The maximum absolute atomic E-state index is 10.6. The zero-order valence-electron chi connectivity index (χ0n) is 11.6. The van der Waals surface area contributed by atoms with Crippen molar-refractivity contribution in [3.05, 3.63) is 24.0 Å². The molecule has 3 rings (SSSR count). The van der Waals surface area contributed by atoms with Crippen LogP contribution in [0, 0.1) is 5.92 Å². The number of aromatic amines is 1. The molecule has 2 N–H and O–H groups in total. The minimum atomic E-state index is -0.580. The Morgan fingerprint density at radius 3 is 3.21 bits per heavy atom. The molecule has 2 fully saturated rings. The topological polar surface area (TPSA) is 48.5 Å². The molecule has 0 spiro atoms.